The van der Waals surface area contributed by atoms with Crippen molar-refractivity contribution in [2.75, 3.05) is 7.11 Å². The van der Waals surface area contributed by atoms with E-state index in [4.69, 9.17) is 4.74 Å². The van der Waals surface area contributed by atoms with Gasteiger partial charge in [0.15, 0.2) is 11.5 Å². The van der Waals surface area contributed by atoms with Gasteiger partial charge in [-0.15, -0.1) is 0 Å². The number of nitrogens with one attached hydrogen (secondary N) is 1. The Morgan fingerprint density at radius 1 is 1.38 bits per heavy atom. The fraction of sp³-hybridized carbons (Fsp3) is 0.533. The lowest BCUT2D eigenvalue weighted by atomic mass is 9.87. The molecule has 116 valence electrons. The Bertz CT molecular complexity index is 522. The van der Waals surface area contributed by atoms with Crippen LogP contribution in [0.15, 0.2) is 18.2 Å². The van der Waals surface area contributed by atoms with Gasteiger partial charge in [0.1, 0.15) is 0 Å². The summed E-state index contributed by atoms with van der Waals surface area (Å²) in [5, 5.41) is 3.00. The zero-order valence-electron chi connectivity index (χ0n) is 12.1. The number of halogens is 2. The van der Waals surface area contributed by atoms with Crippen molar-refractivity contribution in [1.29, 1.82) is 0 Å². The summed E-state index contributed by atoms with van der Waals surface area (Å²) >= 11 is 0. The lowest BCUT2D eigenvalue weighted by Gasteiger charge is -2.28. The molecule has 1 fully saturated rings. The molecule has 6 heteroatoms. The summed E-state index contributed by atoms with van der Waals surface area (Å²) < 4.78 is 34.4. The molecule has 21 heavy (non-hydrogen) atoms. The Kier molecular flexibility index (Phi) is 4.65. The quantitative estimate of drug-likeness (QED) is 0.878. The molecular weight excluding hydrogens is 280 g/mol. The monoisotopic (exact) mass is 299 g/mol. The van der Waals surface area contributed by atoms with E-state index in [-0.39, 0.29) is 22.9 Å². The van der Waals surface area contributed by atoms with Crippen molar-refractivity contribution in [3.8, 4) is 11.5 Å². The summed E-state index contributed by atoms with van der Waals surface area (Å²) in [5.74, 6) is 0.315. The molecule has 0 aliphatic carbocycles. The number of carbonyl (C=O) groups is 1. The van der Waals surface area contributed by atoms with Gasteiger partial charge in [0.05, 0.1) is 7.11 Å². The molecule has 4 nitrogen and oxygen atoms in total. The van der Waals surface area contributed by atoms with Crippen LogP contribution in [0.2, 0.25) is 0 Å². The van der Waals surface area contributed by atoms with E-state index in [2.05, 4.69) is 10.1 Å². The van der Waals surface area contributed by atoms with Crippen LogP contribution in [-0.4, -0.2) is 25.2 Å². The van der Waals surface area contributed by atoms with Crippen molar-refractivity contribution < 1.29 is 23.0 Å². The predicted molar refractivity (Wildman–Crippen MR) is 73.7 cm³/mol. The maximum atomic E-state index is 12.4. The third-order valence-electron chi connectivity index (χ3n) is 3.90. The number of benzene rings is 1. The molecular formula is C15H19F2NO3. The summed E-state index contributed by atoms with van der Waals surface area (Å²) in [6, 6.07) is 4.96. The minimum atomic E-state index is -2.90. The average Bonchev–Trinajstić information content (AvgIpc) is 2.80. The van der Waals surface area contributed by atoms with E-state index in [0.717, 1.165) is 18.4 Å². The van der Waals surface area contributed by atoms with Crippen LogP contribution < -0.4 is 14.8 Å². The van der Waals surface area contributed by atoms with E-state index in [1.807, 2.05) is 6.92 Å². The number of alkyl halides is 2. The van der Waals surface area contributed by atoms with Gasteiger partial charge in [-0.1, -0.05) is 13.0 Å². The summed E-state index contributed by atoms with van der Waals surface area (Å²) in [4.78, 5) is 11.5. The third-order valence-corrected chi connectivity index (χ3v) is 3.90. The number of hydrogen-bond donors (Lipinski definition) is 1. The van der Waals surface area contributed by atoms with Crippen LogP contribution in [0.3, 0.4) is 0 Å². The summed E-state index contributed by atoms with van der Waals surface area (Å²) in [7, 11) is 1.40. The first-order valence-corrected chi connectivity index (χ1v) is 6.91. The van der Waals surface area contributed by atoms with E-state index in [1.54, 1.807) is 18.2 Å². The van der Waals surface area contributed by atoms with Crippen LogP contribution in [-0.2, 0) is 11.2 Å². The van der Waals surface area contributed by atoms with Crippen LogP contribution in [0.4, 0.5) is 8.78 Å². The molecule has 0 radical (unpaired) electrons. The molecule has 0 spiro atoms. The highest BCUT2D eigenvalue weighted by atomic mass is 19.3. The van der Waals surface area contributed by atoms with Crippen molar-refractivity contribution in [3.05, 3.63) is 23.8 Å². The molecule has 1 amide bonds. The maximum Gasteiger partial charge on any atom is 0.387 e. The molecule has 0 aromatic heterocycles. The summed E-state index contributed by atoms with van der Waals surface area (Å²) in [5.41, 5.74) is 0.531. The number of methoxy groups -OCH3 is 1. The lowest BCUT2D eigenvalue weighted by Crippen LogP contribution is -2.42. The molecule has 1 atom stereocenters. The molecule has 1 aromatic carbocycles. The van der Waals surface area contributed by atoms with E-state index in [0.29, 0.717) is 12.8 Å². The Labute approximate surface area is 122 Å². The second-order valence-corrected chi connectivity index (χ2v) is 5.22. The highest BCUT2D eigenvalue weighted by Crippen LogP contribution is 2.33. The largest absolute Gasteiger partial charge is 0.493 e. The van der Waals surface area contributed by atoms with Gasteiger partial charge in [-0.3, -0.25) is 4.79 Å². The molecule has 2 rings (SSSR count). The molecule has 1 N–H and O–H groups in total. The topological polar surface area (TPSA) is 47.6 Å². The number of rotatable bonds is 6. The van der Waals surface area contributed by atoms with Gasteiger partial charge in [0.25, 0.3) is 0 Å². The first-order chi connectivity index (χ1) is 9.98. The number of carbonyl (C=O) groups excluding carboxylic acids is 1. The minimum absolute atomic E-state index is 0.0144. The Morgan fingerprint density at radius 3 is 2.67 bits per heavy atom. The van der Waals surface area contributed by atoms with Gasteiger partial charge in [-0.05, 0) is 37.0 Å². The normalized spacial score (nSPS) is 21.5. The van der Waals surface area contributed by atoms with Gasteiger partial charge < -0.3 is 14.8 Å². The molecule has 1 saturated heterocycles. The van der Waals surface area contributed by atoms with Gasteiger partial charge in [-0.2, -0.15) is 8.78 Å². The van der Waals surface area contributed by atoms with E-state index in [1.165, 1.54) is 7.11 Å². The summed E-state index contributed by atoms with van der Waals surface area (Å²) in [6.45, 7) is -0.897. The maximum absolute atomic E-state index is 12.4. The SMILES string of the molecule is CCC1(Cc2ccc(OC)c(OC(F)F)c2)CCC(=O)N1. The molecule has 1 unspecified atom stereocenters. The molecule has 0 bridgehead atoms. The second kappa shape index (κ2) is 6.28. The fourth-order valence-electron chi connectivity index (χ4n) is 2.71. The van der Waals surface area contributed by atoms with Crippen molar-refractivity contribution in [3.63, 3.8) is 0 Å². The molecule has 1 heterocycles. The van der Waals surface area contributed by atoms with E-state index >= 15 is 0 Å². The number of amides is 1. The first kappa shape index (κ1) is 15.5. The zero-order valence-corrected chi connectivity index (χ0v) is 12.1. The first-order valence-electron chi connectivity index (χ1n) is 6.91. The highest BCUT2D eigenvalue weighted by molar-refractivity contribution is 5.79. The zero-order chi connectivity index (χ0) is 15.5. The second-order valence-electron chi connectivity index (χ2n) is 5.22. The number of hydrogen-bond acceptors (Lipinski definition) is 3. The fourth-order valence-corrected chi connectivity index (χ4v) is 2.71. The minimum Gasteiger partial charge on any atom is -0.493 e. The third kappa shape index (κ3) is 3.62. The van der Waals surface area contributed by atoms with E-state index in [9.17, 15) is 13.6 Å². The Balaban J connectivity index is 2.22. The van der Waals surface area contributed by atoms with Gasteiger partial charge in [0.2, 0.25) is 5.91 Å². The molecule has 1 aromatic rings. The lowest BCUT2D eigenvalue weighted by molar-refractivity contribution is -0.119. The molecule has 1 aliphatic heterocycles. The predicted octanol–water partition coefficient (Wildman–Crippen LogP) is 2.90. The Hall–Kier alpha value is -1.85. The van der Waals surface area contributed by atoms with Crippen LogP contribution in [0.5, 0.6) is 11.5 Å². The van der Waals surface area contributed by atoms with Crippen molar-refractivity contribution in [2.24, 2.45) is 0 Å². The highest BCUT2D eigenvalue weighted by Gasteiger charge is 2.36. The van der Waals surface area contributed by atoms with Crippen LogP contribution in [0.1, 0.15) is 31.7 Å². The summed E-state index contributed by atoms with van der Waals surface area (Å²) in [6.07, 6.45) is 2.62. The molecule has 0 saturated carbocycles. The van der Waals surface area contributed by atoms with Crippen LogP contribution in [0.25, 0.3) is 0 Å². The van der Waals surface area contributed by atoms with Gasteiger partial charge in [-0.25, -0.2) is 0 Å². The van der Waals surface area contributed by atoms with Crippen molar-refractivity contribution in [2.45, 2.75) is 44.8 Å². The molecule has 1 aliphatic rings. The average molecular weight is 299 g/mol. The van der Waals surface area contributed by atoms with Crippen molar-refractivity contribution in [1.82, 2.24) is 5.32 Å². The van der Waals surface area contributed by atoms with Gasteiger partial charge in [0, 0.05) is 12.0 Å². The number of ether oxygens (including phenoxy) is 2. The smallest absolute Gasteiger partial charge is 0.387 e. The van der Waals surface area contributed by atoms with Gasteiger partial charge >= 0.3 is 6.61 Å². The standard InChI is InChI=1S/C15H19F2NO3/c1-3-15(7-6-13(19)18-15)9-10-4-5-11(20-2)12(8-10)21-14(16)17/h4-5,8,14H,3,6-7,9H2,1-2H3,(H,18,19). The van der Waals surface area contributed by atoms with Crippen molar-refractivity contribution >= 4 is 5.91 Å². The van der Waals surface area contributed by atoms with E-state index < -0.39 is 6.61 Å². The Morgan fingerprint density at radius 2 is 2.14 bits per heavy atom. The van der Waals surface area contributed by atoms with Crippen LogP contribution >= 0.6 is 0 Å². The van der Waals surface area contributed by atoms with Crippen LogP contribution in [0, 0.1) is 0 Å².